The second-order valence-corrected chi connectivity index (χ2v) is 7.27. The summed E-state index contributed by atoms with van der Waals surface area (Å²) >= 11 is 1.28. The van der Waals surface area contributed by atoms with Gasteiger partial charge in [-0.05, 0) is 49.2 Å². The third kappa shape index (κ3) is 5.01. The second-order valence-electron chi connectivity index (χ2n) is 6.33. The van der Waals surface area contributed by atoms with Gasteiger partial charge in [0.2, 0.25) is 5.91 Å². The standard InChI is InChI=1S/C19H21N5O3S/c1-12-7-13(2)9-14(8-12)21-17(25)11-28-19-23-22-16(24(19)3)10-20-18(26)15-5-4-6-27-15/h4-9H,10-11H2,1-3H3,(H,20,26)(H,21,25). The number of hydrogen-bond donors (Lipinski definition) is 2. The average molecular weight is 399 g/mol. The van der Waals surface area contributed by atoms with Crippen molar-refractivity contribution in [2.45, 2.75) is 25.5 Å². The van der Waals surface area contributed by atoms with Crippen LogP contribution in [0.15, 0.2) is 46.2 Å². The maximum absolute atomic E-state index is 12.2. The number of nitrogens with zero attached hydrogens (tertiary/aromatic N) is 3. The zero-order chi connectivity index (χ0) is 20.1. The van der Waals surface area contributed by atoms with E-state index in [0.29, 0.717) is 11.0 Å². The van der Waals surface area contributed by atoms with Gasteiger partial charge in [0.1, 0.15) is 0 Å². The largest absolute Gasteiger partial charge is 0.459 e. The van der Waals surface area contributed by atoms with E-state index in [4.69, 9.17) is 4.42 Å². The van der Waals surface area contributed by atoms with Crippen LogP contribution in [0.1, 0.15) is 27.5 Å². The van der Waals surface area contributed by atoms with Crippen molar-refractivity contribution < 1.29 is 14.0 Å². The number of thioether (sulfide) groups is 1. The second kappa shape index (κ2) is 8.75. The van der Waals surface area contributed by atoms with Gasteiger partial charge in [-0.15, -0.1) is 10.2 Å². The van der Waals surface area contributed by atoms with Crippen LogP contribution < -0.4 is 10.6 Å². The molecule has 2 heterocycles. The van der Waals surface area contributed by atoms with E-state index in [1.54, 1.807) is 23.7 Å². The smallest absolute Gasteiger partial charge is 0.287 e. The van der Waals surface area contributed by atoms with Gasteiger partial charge in [0.25, 0.3) is 5.91 Å². The maximum atomic E-state index is 12.2. The first-order valence-corrected chi connectivity index (χ1v) is 9.62. The average Bonchev–Trinajstić information content (AvgIpc) is 3.27. The summed E-state index contributed by atoms with van der Waals surface area (Å²) in [5.74, 6) is 0.579. The molecule has 9 heteroatoms. The lowest BCUT2D eigenvalue weighted by Crippen LogP contribution is -2.24. The number of rotatable bonds is 7. The molecule has 2 N–H and O–H groups in total. The minimum Gasteiger partial charge on any atom is -0.459 e. The molecular formula is C19H21N5O3S. The fourth-order valence-electron chi connectivity index (χ4n) is 2.65. The summed E-state index contributed by atoms with van der Waals surface area (Å²) in [5.41, 5.74) is 2.97. The van der Waals surface area contributed by atoms with Gasteiger partial charge in [-0.25, -0.2) is 0 Å². The minimum atomic E-state index is -0.324. The Balaban J connectivity index is 1.52. The van der Waals surface area contributed by atoms with Gasteiger partial charge in [0.15, 0.2) is 16.7 Å². The number of amides is 2. The van der Waals surface area contributed by atoms with E-state index in [1.807, 2.05) is 26.0 Å². The Labute approximate surface area is 166 Å². The lowest BCUT2D eigenvalue weighted by atomic mass is 10.1. The molecule has 2 aromatic heterocycles. The molecule has 146 valence electrons. The first-order chi connectivity index (χ1) is 13.4. The van der Waals surface area contributed by atoms with Crippen molar-refractivity contribution in [3.8, 4) is 0 Å². The van der Waals surface area contributed by atoms with Crippen LogP contribution >= 0.6 is 11.8 Å². The van der Waals surface area contributed by atoms with E-state index in [1.165, 1.54) is 18.0 Å². The Hall–Kier alpha value is -3.07. The van der Waals surface area contributed by atoms with Crippen molar-refractivity contribution in [2.24, 2.45) is 7.05 Å². The Morgan fingerprint density at radius 2 is 1.93 bits per heavy atom. The first kappa shape index (κ1) is 19.7. The van der Waals surface area contributed by atoms with Gasteiger partial charge < -0.3 is 19.6 Å². The lowest BCUT2D eigenvalue weighted by Gasteiger charge is -2.08. The van der Waals surface area contributed by atoms with Crippen LogP contribution in [0.2, 0.25) is 0 Å². The molecule has 0 unspecified atom stereocenters. The third-order valence-electron chi connectivity index (χ3n) is 3.91. The molecule has 0 aliphatic carbocycles. The summed E-state index contributed by atoms with van der Waals surface area (Å²) in [5, 5.41) is 14.4. The fraction of sp³-hybridized carbons (Fsp3) is 0.263. The summed E-state index contributed by atoms with van der Waals surface area (Å²) in [4.78, 5) is 24.1. The Morgan fingerprint density at radius 3 is 2.61 bits per heavy atom. The van der Waals surface area contributed by atoms with Crippen molar-refractivity contribution in [3.63, 3.8) is 0 Å². The summed E-state index contributed by atoms with van der Waals surface area (Å²) in [6, 6.07) is 9.14. The van der Waals surface area contributed by atoms with Crippen molar-refractivity contribution in [3.05, 3.63) is 59.3 Å². The number of aryl methyl sites for hydroxylation is 2. The number of aromatic nitrogens is 3. The molecule has 3 aromatic rings. The number of hydrogen-bond acceptors (Lipinski definition) is 6. The highest BCUT2D eigenvalue weighted by Gasteiger charge is 2.14. The molecule has 8 nitrogen and oxygen atoms in total. The summed E-state index contributed by atoms with van der Waals surface area (Å²) in [6.07, 6.45) is 1.44. The predicted octanol–water partition coefficient (Wildman–Crippen LogP) is 2.69. The molecule has 0 radical (unpaired) electrons. The maximum Gasteiger partial charge on any atom is 0.287 e. The van der Waals surface area contributed by atoms with Crippen LogP contribution in [0.5, 0.6) is 0 Å². The zero-order valence-electron chi connectivity index (χ0n) is 15.9. The molecule has 3 rings (SSSR count). The van der Waals surface area contributed by atoms with Gasteiger partial charge in [0.05, 0.1) is 18.6 Å². The van der Waals surface area contributed by atoms with E-state index in [2.05, 4.69) is 26.9 Å². The number of carbonyl (C=O) groups is 2. The highest BCUT2D eigenvalue weighted by atomic mass is 32.2. The van der Waals surface area contributed by atoms with Crippen molar-refractivity contribution in [2.75, 3.05) is 11.1 Å². The summed E-state index contributed by atoms with van der Waals surface area (Å²) in [7, 11) is 1.79. The molecule has 0 spiro atoms. The number of nitrogens with one attached hydrogen (secondary N) is 2. The molecule has 0 saturated heterocycles. The van der Waals surface area contributed by atoms with Crippen LogP contribution in [0.4, 0.5) is 5.69 Å². The SMILES string of the molecule is Cc1cc(C)cc(NC(=O)CSc2nnc(CNC(=O)c3ccco3)n2C)c1. The number of anilines is 1. The molecule has 0 atom stereocenters. The van der Waals surface area contributed by atoms with Gasteiger partial charge in [-0.3, -0.25) is 9.59 Å². The van der Waals surface area contributed by atoms with Crippen LogP contribution in [0, 0.1) is 13.8 Å². The third-order valence-corrected chi connectivity index (χ3v) is 4.94. The quantitative estimate of drug-likeness (QED) is 0.592. The first-order valence-electron chi connectivity index (χ1n) is 8.63. The topological polar surface area (TPSA) is 102 Å². The van der Waals surface area contributed by atoms with Crippen LogP contribution in [0.3, 0.4) is 0 Å². The number of furan rings is 1. The van der Waals surface area contributed by atoms with E-state index >= 15 is 0 Å². The highest BCUT2D eigenvalue weighted by Crippen LogP contribution is 2.18. The Kier molecular flexibility index (Phi) is 6.15. The molecule has 1 aromatic carbocycles. The monoisotopic (exact) mass is 399 g/mol. The molecule has 0 aliphatic heterocycles. The van der Waals surface area contributed by atoms with Crippen LogP contribution in [0.25, 0.3) is 0 Å². The molecular weight excluding hydrogens is 378 g/mol. The molecule has 2 amide bonds. The zero-order valence-corrected chi connectivity index (χ0v) is 16.7. The Morgan fingerprint density at radius 1 is 1.18 bits per heavy atom. The van der Waals surface area contributed by atoms with Crippen LogP contribution in [-0.4, -0.2) is 32.3 Å². The molecule has 0 saturated carbocycles. The highest BCUT2D eigenvalue weighted by molar-refractivity contribution is 7.99. The normalized spacial score (nSPS) is 10.7. The molecule has 0 fully saturated rings. The lowest BCUT2D eigenvalue weighted by molar-refractivity contribution is -0.113. The van der Waals surface area contributed by atoms with E-state index in [-0.39, 0.29) is 29.9 Å². The number of carbonyl (C=O) groups excluding carboxylic acids is 2. The fourth-order valence-corrected chi connectivity index (χ4v) is 3.38. The summed E-state index contributed by atoms with van der Waals surface area (Å²) in [6.45, 7) is 4.19. The Bertz CT molecular complexity index is 961. The van der Waals surface area contributed by atoms with E-state index < -0.39 is 0 Å². The van der Waals surface area contributed by atoms with Crippen molar-refractivity contribution in [1.29, 1.82) is 0 Å². The molecule has 0 aliphatic rings. The van der Waals surface area contributed by atoms with Crippen molar-refractivity contribution in [1.82, 2.24) is 20.1 Å². The molecule has 0 bridgehead atoms. The van der Waals surface area contributed by atoms with E-state index in [0.717, 1.165) is 16.8 Å². The minimum absolute atomic E-state index is 0.120. The van der Waals surface area contributed by atoms with Gasteiger partial charge in [-0.2, -0.15) is 0 Å². The van der Waals surface area contributed by atoms with Gasteiger partial charge in [0, 0.05) is 12.7 Å². The van der Waals surface area contributed by atoms with Gasteiger partial charge in [-0.1, -0.05) is 17.8 Å². The summed E-state index contributed by atoms with van der Waals surface area (Å²) < 4.78 is 6.79. The van der Waals surface area contributed by atoms with Crippen molar-refractivity contribution >= 4 is 29.3 Å². The number of benzene rings is 1. The molecule has 28 heavy (non-hydrogen) atoms. The van der Waals surface area contributed by atoms with Gasteiger partial charge >= 0.3 is 0 Å². The van der Waals surface area contributed by atoms with Crippen LogP contribution in [-0.2, 0) is 18.4 Å². The van der Waals surface area contributed by atoms with E-state index in [9.17, 15) is 9.59 Å². The predicted molar refractivity (Wildman–Crippen MR) is 106 cm³/mol.